The average molecular weight is 285 g/mol. The van der Waals surface area contributed by atoms with E-state index in [4.69, 9.17) is 27.2 Å². The van der Waals surface area contributed by atoms with E-state index in [-0.39, 0.29) is 24.1 Å². The Morgan fingerprint density at radius 1 is 1.68 bits per heavy atom. The number of nitrogens with zero attached hydrogens (tertiary/aromatic N) is 2. The zero-order valence-corrected chi connectivity index (χ0v) is 12.2. The molecule has 0 aliphatic carbocycles. The summed E-state index contributed by atoms with van der Waals surface area (Å²) in [6.45, 7) is 5.09. The molecule has 6 nitrogen and oxygen atoms in total. The maximum atomic E-state index is 12.2. The van der Waals surface area contributed by atoms with Crippen molar-refractivity contribution in [1.29, 1.82) is 0 Å². The van der Waals surface area contributed by atoms with Crippen LogP contribution in [0.1, 0.15) is 30.1 Å². The predicted molar refractivity (Wildman–Crippen MR) is 74.7 cm³/mol. The van der Waals surface area contributed by atoms with Crippen LogP contribution in [0.2, 0.25) is 0 Å². The van der Waals surface area contributed by atoms with E-state index in [0.29, 0.717) is 23.8 Å². The van der Waals surface area contributed by atoms with Crippen molar-refractivity contribution in [2.75, 3.05) is 20.2 Å². The fraction of sp³-hybridized carbons (Fsp3) is 0.583. The Morgan fingerprint density at radius 2 is 2.37 bits per heavy atom. The molecule has 1 aromatic heterocycles. The molecule has 1 amide bonds. The number of nitrogens with two attached hydrogens (primary N) is 1. The second kappa shape index (κ2) is 7.20. The molecular formula is C12H19N3O3S. The van der Waals surface area contributed by atoms with E-state index in [1.54, 1.807) is 18.1 Å². The first kappa shape index (κ1) is 15.6. The molecule has 106 valence electrons. The summed E-state index contributed by atoms with van der Waals surface area (Å²) < 4.78 is 9.91. The maximum absolute atomic E-state index is 12.2. The molecule has 0 aliphatic rings. The van der Waals surface area contributed by atoms with Crippen molar-refractivity contribution in [3.05, 3.63) is 17.5 Å². The molecule has 1 atom stereocenters. The topological polar surface area (TPSA) is 81.6 Å². The van der Waals surface area contributed by atoms with Gasteiger partial charge in [-0.2, -0.15) is 0 Å². The Hall–Kier alpha value is -1.47. The van der Waals surface area contributed by atoms with Crippen molar-refractivity contribution in [2.45, 2.75) is 20.5 Å². The standard InChI is InChI=1S/C12H19N3O3S/c1-4-15(6-8(2)11(13)19)12(16)10-5-9(7-17-3)18-14-10/h5,8H,4,6-7H2,1-3H3,(H2,13,19). The molecule has 0 saturated heterocycles. The Labute approximate surface area is 117 Å². The van der Waals surface area contributed by atoms with Crippen molar-refractivity contribution in [3.63, 3.8) is 0 Å². The molecule has 19 heavy (non-hydrogen) atoms. The highest BCUT2D eigenvalue weighted by molar-refractivity contribution is 7.80. The molecule has 1 rings (SSSR count). The number of hydrogen-bond donors (Lipinski definition) is 1. The summed E-state index contributed by atoms with van der Waals surface area (Å²) in [5.74, 6) is 0.283. The quantitative estimate of drug-likeness (QED) is 0.758. The highest BCUT2D eigenvalue weighted by atomic mass is 32.1. The number of methoxy groups -OCH3 is 1. The minimum absolute atomic E-state index is 0.0377. The number of carbonyl (C=O) groups excluding carboxylic acids is 1. The van der Waals surface area contributed by atoms with Gasteiger partial charge in [0.2, 0.25) is 0 Å². The van der Waals surface area contributed by atoms with Gasteiger partial charge in [-0.3, -0.25) is 4.79 Å². The normalized spacial score (nSPS) is 12.2. The third kappa shape index (κ3) is 4.29. The minimum atomic E-state index is -0.197. The van der Waals surface area contributed by atoms with Crippen molar-refractivity contribution >= 4 is 23.1 Å². The fourth-order valence-electron chi connectivity index (χ4n) is 1.56. The lowest BCUT2D eigenvalue weighted by atomic mass is 10.1. The van der Waals surface area contributed by atoms with Gasteiger partial charge in [0.1, 0.15) is 6.61 Å². The van der Waals surface area contributed by atoms with Crippen LogP contribution in [0.4, 0.5) is 0 Å². The third-order valence-corrected chi connectivity index (χ3v) is 3.12. The smallest absolute Gasteiger partial charge is 0.276 e. The van der Waals surface area contributed by atoms with Crippen LogP contribution in [0, 0.1) is 5.92 Å². The summed E-state index contributed by atoms with van der Waals surface area (Å²) >= 11 is 4.92. The van der Waals surface area contributed by atoms with Crippen LogP contribution in [0.3, 0.4) is 0 Å². The van der Waals surface area contributed by atoms with Crippen molar-refractivity contribution in [2.24, 2.45) is 11.7 Å². The predicted octanol–water partition coefficient (Wildman–Crippen LogP) is 1.21. The summed E-state index contributed by atoms with van der Waals surface area (Å²) in [7, 11) is 1.55. The molecule has 2 N–H and O–H groups in total. The first-order chi connectivity index (χ1) is 8.99. The molecule has 1 heterocycles. The number of hydrogen-bond acceptors (Lipinski definition) is 5. The second-order valence-electron chi connectivity index (χ2n) is 4.26. The lowest BCUT2D eigenvalue weighted by Crippen LogP contribution is -2.38. The maximum Gasteiger partial charge on any atom is 0.276 e. The van der Waals surface area contributed by atoms with Gasteiger partial charge in [-0.1, -0.05) is 24.3 Å². The monoisotopic (exact) mass is 285 g/mol. The van der Waals surface area contributed by atoms with Crippen LogP contribution in [0.25, 0.3) is 0 Å². The van der Waals surface area contributed by atoms with E-state index < -0.39 is 0 Å². The number of thiocarbonyl (C=S) groups is 1. The Bertz CT molecular complexity index is 447. The summed E-state index contributed by atoms with van der Waals surface area (Å²) in [4.78, 5) is 14.3. The van der Waals surface area contributed by atoms with E-state index in [0.717, 1.165) is 0 Å². The van der Waals surface area contributed by atoms with Gasteiger partial charge in [0.05, 0.1) is 4.99 Å². The van der Waals surface area contributed by atoms with E-state index in [1.165, 1.54) is 0 Å². The van der Waals surface area contributed by atoms with Gasteiger partial charge in [0.25, 0.3) is 5.91 Å². The molecular weight excluding hydrogens is 266 g/mol. The van der Waals surface area contributed by atoms with E-state index in [9.17, 15) is 4.79 Å². The lowest BCUT2D eigenvalue weighted by molar-refractivity contribution is 0.0744. The highest BCUT2D eigenvalue weighted by Gasteiger charge is 2.21. The van der Waals surface area contributed by atoms with Crippen LogP contribution in [0.5, 0.6) is 0 Å². The minimum Gasteiger partial charge on any atom is -0.393 e. The number of aromatic nitrogens is 1. The molecule has 0 spiro atoms. The summed E-state index contributed by atoms with van der Waals surface area (Å²) in [5, 5.41) is 3.75. The van der Waals surface area contributed by atoms with Crippen LogP contribution in [0.15, 0.2) is 10.6 Å². The van der Waals surface area contributed by atoms with E-state index in [2.05, 4.69) is 5.16 Å². The molecule has 0 bridgehead atoms. The van der Waals surface area contributed by atoms with Gasteiger partial charge in [-0.25, -0.2) is 0 Å². The highest BCUT2D eigenvalue weighted by Crippen LogP contribution is 2.10. The van der Waals surface area contributed by atoms with Crippen LogP contribution < -0.4 is 5.73 Å². The summed E-state index contributed by atoms with van der Waals surface area (Å²) in [6, 6.07) is 1.58. The molecule has 0 radical (unpaired) electrons. The Morgan fingerprint density at radius 3 is 2.89 bits per heavy atom. The zero-order valence-electron chi connectivity index (χ0n) is 11.4. The second-order valence-corrected chi connectivity index (χ2v) is 4.73. The van der Waals surface area contributed by atoms with Crippen LogP contribution >= 0.6 is 12.2 Å². The Kier molecular flexibility index (Phi) is 5.91. The number of ether oxygens (including phenoxy) is 1. The fourth-order valence-corrected chi connectivity index (χ4v) is 1.64. The molecule has 0 aliphatic heterocycles. The molecule has 0 saturated carbocycles. The summed E-state index contributed by atoms with van der Waals surface area (Å²) in [6.07, 6.45) is 0. The van der Waals surface area contributed by atoms with Gasteiger partial charge in [-0.15, -0.1) is 0 Å². The lowest BCUT2D eigenvalue weighted by Gasteiger charge is -2.22. The molecule has 0 aromatic carbocycles. The number of amides is 1. The van der Waals surface area contributed by atoms with Gasteiger partial charge >= 0.3 is 0 Å². The van der Waals surface area contributed by atoms with Gasteiger partial charge in [0, 0.05) is 32.2 Å². The molecule has 0 fully saturated rings. The van der Waals surface area contributed by atoms with Crippen molar-refractivity contribution < 1.29 is 14.1 Å². The van der Waals surface area contributed by atoms with Gasteiger partial charge in [-0.05, 0) is 6.92 Å². The third-order valence-electron chi connectivity index (χ3n) is 2.71. The molecule has 7 heteroatoms. The first-order valence-corrected chi connectivity index (χ1v) is 6.43. The summed E-state index contributed by atoms with van der Waals surface area (Å²) in [5.41, 5.74) is 5.83. The zero-order chi connectivity index (χ0) is 14.4. The first-order valence-electron chi connectivity index (χ1n) is 6.02. The van der Waals surface area contributed by atoms with Crippen molar-refractivity contribution in [3.8, 4) is 0 Å². The Balaban J connectivity index is 2.74. The van der Waals surface area contributed by atoms with E-state index >= 15 is 0 Å². The van der Waals surface area contributed by atoms with E-state index in [1.807, 2.05) is 13.8 Å². The average Bonchev–Trinajstić information content (AvgIpc) is 2.83. The van der Waals surface area contributed by atoms with Gasteiger partial charge < -0.3 is 19.9 Å². The molecule has 1 aromatic rings. The SMILES string of the molecule is CCN(CC(C)C(N)=S)C(=O)c1cc(COC)on1. The molecule has 1 unspecified atom stereocenters. The number of carbonyl (C=O) groups is 1. The number of rotatable bonds is 7. The van der Waals surface area contributed by atoms with Crippen molar-refractivity contribution in [1.82, 2.24) is 10.1 Å². The largest absolute Gasteiger partial charge is 0.393 e. The van der Waals surface area contributed by atoms with Crippen LogP contribution in [-0.2, 0) is 11.3 Å². The van der Waals surface area contributed by atoms with Crippen LogP contribution in [-0.4, -0.2) is 41.2 Å². The van der Waals surface area contributed by atoms with Gasteiger partial charge in [0.15, 0.2) is 11.5 Å².